The molecule has 1 aromatic heterocycles. The Bertz CT molecular complexity index is 1800. The number of allylic oxidation sites excluding steroid dienone is 2. The van der Waals surface area contributed by atoms with Gasteiger partial charge >= 0.3 is 0 Å². The van der Waals surface area contributed by atoms with Crippen molar-refractivity contribution >= 4 is 38.2 Å². The summed E-state index contributed by atoms with van der Waals surface area (Å²) in [5, 5.41) is 16.0. The molecule has 0 atom stereocenters. The van der Waals surface area contributed by atoms with Gasteiger partial charge in [0.25, 0.3) is 0 Å². The van der Waals surface area contributed by atoms with Crippen molar-refractivity contribution in [3.05, 3.63) is 96.0 Å². The van der Waals surface area contributed by atoms with Gasteiger partial charge in [0.05, 0.1) is 5.52 Å². The minimum absolute atomic E-state index is 0. The molecule has 4 nitrogen and oxygen atoms in total. The van der Waals surface area contributed by atoms with Crippen molar-refractivity contribution in [2.45, 2.75) is 81.1 Å². The molecule has 5 aromatic rings. The average molecular weight is 766 g/mol. The molecule has 0 aliphatic heterocycles. The second kappa shape index (κ2) is 14.6. The Hall–Kier alpha value is -3.40. The van der Waals surface area contributed by atoms with Crippen LogP contribution in [-0.2, 0) is 24.9 Å². The van der Waals surface area contributed by atoms with E-state index in [1.54, 1.807) is 0 Å². The molecule has 0 aliphatic carbocycles. The van der Waals surface area contributed by atoms with Crippen LogP contribution in [0.25, 0.3) is 43.7 Å². The van der Waals surface area contributed by atoms with E-state index in [-0.39, 0.29) is 42.5 Å². The third-order valence-corrected chi connectivity index (χ3v) is 9.49. The summed E-state index contributed by atoms with van der Waals surface area (Å²) < 4.78 is 0. The van der Waals surface area contributed by atoms with Crippen molar-refractivity contribution in [1.29, 1.82) is 0 Å². The number of aryl methyl sites for hydroxylation is 2. The monoisotopic (exact) mass is 766 g/mol. The largest absolute Gasteiger partial charge is 0.512 e. The van der Waals surface area contributed by atoms with E-state index >= 15 is 0 Å². The number of rotatable bonds is 8. The zero-order chi connectivity index (χ0) is 31.4. The number of benzene rings is 4. The third kappa shape index (κ3) is 7.28. The molecule has 44 heavy (non-hydrogen) atoms. The van der Waals surface area contributed by atoms with Crippen LogP contribution < -0.4 is 0 Å². The van der Waals surface area contributed by atoms with E-state index < -0.39 is 0 Å². The molecule has 0 spiro atoms. The summed E-state index contributed by atoms with van der Waals surface area (Å²) in [7, 11) is 0. The Morgan fingerprint density at radius 1 is 0.795 bits per heavy atom. The normalized spacial score (nSPS) is 12.1. The van der Waals surface area contributed by atoms with Gasteiger partial charge in [0.1, 0.15) is 11.6 Å². The van der Waals surface area contributed by atoms with Gasteiger partial charge in [-0.1, -0.05) is 101 Å². The second-order valence-corrected chi connectivity index (χ2v) is 12.2. The Balaban J connectivity index is 0.000000260. The number of aromatic nitrogens is 2. The quantitative estimate of drug-likeness (QED) is 0.0740. The summed E-state index contributed by atoms with van der Waals surface area (Å²) in [5.41, 5.74) is 3.59. The molecule has 0 unspecified atom stereocenters. The predicted molar refractivity (Wildman–Crippen MR) is 181 cm³/mol. The van der Waals surface area contributed by atoms with E-state index in [0.29, 0.717) is 0 Å². The van der Waals surface area contributed by atoms with Crippen molar-refractivity contribution in [1.82, 2.24) is 9.97 Å². The molecule has 233 valence electrons. The van der Waals surface area contributed by atoms with Crippen LogP contribution in [0.1, 0.15) is 78.6 Å². The molecule has 0 aliphatic rings. The van der Waals surface area contributed by atoms with Crippen LogP contribution in [0.15, 0.2) is 78.6 Å². The number of hydrogen-bond acceptors (Lipinski definition) is 4. The van der Waals surface area contributed by atoms with E-state index in [1.165, 1.54) is 33.2 Å². The molecule has 0 bridgehead atoms. The molecule has 5 rings (SSSR count). The maximum Gasteiger partial charge on any atom is 0.164 e. The van der Waals surface area contributed by atoms with Crippen molar-refractivity contribution in [3.63, 3.8) is 0 Å². The molecule has 1 heterocycles. The van der Waals surface area contributed by atoms with E-state index in [4.69, 9.17) is 9.97 Å². The number of fused-ring (bicyclic) bond motifs is 4. The smallest absolute Gasteiger partial charge is 0.164 e. The summed E-state index contributed by atoms with van der Waals surface area (Å²) in [5.74, 6) is 1.07. The first-order valence-corrected chi connectivity index (χ1v) is 15.5. The van der Waals surface area contributed by atoms with Gasteiger partial charge in [-0.05, 0) is 62.1 Å². The first-order valence-electron chi connectivity index (χ1n) is 15.5. The molecule has 0 fully saturated rings. The van der Waals surface area contributed by atoms with E-state index in [0.717, 1.165) is 53.7 Å². The van der Waals surface area contributed by atoms with Crippen LogP contribution >= 0.6 is 0 Å². The molecule has 1 radical (unpaired) electrons. The minimum atomic E-state index is -0.337. The number of ketones is 1. The SMILES string of the molecule is CCC(C)(CC)C(=O)/C=C(\O)C(C)(CC)CC.Cc1ccc2ccc3c(-c4[c-]cc5ccccc5c4)nc(C)nc3c2c1.[Ir]. The van der Waals surface area contributed by atoms with Gasteiger partial charge in [0, 0.05) is 42.4 Å². The van der Waals surface area contributed by atoms with Crippen LogP contribution in [0.3, 0.4) is 0 Å². The Labute approximate surface area is 276 Å². The van der Waals surface area contributed by atoms with Crippen LogP contribution in [0.4, 0.5) is 0 Å². The zero-order valence-corrected chi connectivity index (χ0v) is 29.7. The van der Waals surface area contributed by atoms with Gasteiger partial charge in [-0.15, -0.1) is 29.1 Å². The molecule has 5 heteroatoms. The van der Waals surface area contributed by atoms with E-state index in [1.807, 2.05) is 54.5 Å². The molecule has 0 saturated carbocycles. The zero-order valence-electron chi connectivity index (χ0n) is 27.3. The number of carbonyl (C=O) groups excluding carboxylic acids is 1. The van der Waals surface area contributed by atoms with Crippen molar-refractivity contribution < 1.29 is 30.0 Å². The first kappa shape index (κ1) is 35.1. The number of nitrogens with zero attached hydrogens (tertiary/aromatic N) is 2. The van der Waals surface area contributed by atoms with E-state index in [9.17, 15) is 9.90 Å². The minimum Gasteiger partial charge on any atom is -0.512 e. The molecule has 1 N–H and O–H groups in total. The Morgan fingerprint density at radius 3 is 2.05 bits per heavy atom. The topological polar surface area (TPSA) is 63.1 Å². The van der Waals surface area contributed by atoms with Gasteiger partial charge in [-0.2, -0.15) is 0 Å². The Morgan fingerprint density at radius 2 is 1.41 bits per heavy atom. The fourth-order valence-electron chi connectivity index (χ4n) is 5.29. The standard InChI is InChI=1S/C24H17N2.C15H28O2.Ir/c1-15-7-8-18-11-12-21-23(25-16(2)26-24(21)22(18)13-15)20-10-9-17-5-3-4-6-19(17)14-20;1-7-14(5,8-2)12(16)11-13(17)15(6,9-3)10-4;/h3-9,11-14H,1-2H3;11,16H,7-10H2,1-6H3;/q-1;;/b;12-11-;. The fraction of sp³-hybridized carbons (Fsp3) is 0.359. The summed E-state index contributed by atoms with van der Waals surface area (Å²) in [6.45, 7) is 16.2. The third-order valence-electron chi connectivity index (χ3n) is 9.49. The van der Waals surface area contributed by atoms with Crippen LogP contribution in [0, 0.1) is 30.7 Å². The van der Waals surface area contributed by atoms with Crippen LogP contribution in [0.2, 0.25) is 0 Å². The van der Waals surface area contributed by atoms with Gasteiger partial charge in [-0.3, -0.25) is 9.78 Å². The van der Waals surface area contributed by atoms with Crippen LogP contribution in [0.5, 0.6) is 0 Å². The van der Waals surface area contributed by atoms with Crippen LogP contribution in [-0.4, -0.2) is 20.9 Å². The predicted octanol–water partition coefficient (Wildman–Crippen LogP) is 10.7. The maximum atomic E-state index is 12.2. The van der Waals surface area contributed by atoms with Crippen molar-refractivity contribution in [2.75, 3.05) is 0 Å². The maximum absolute atomic E-state index is 12.2. The summed E-state index contributed by atoms with van der Waals surface area (Å²) in [6.07, 6.45) is 4.75. The number of aliphatic hydroxyl groups is 1. The molecule has 0 amide bonds. The van der Waals surface area contributed by atoms with Gasteiger partial charge in [0.2, 0.25) is 0 Å². The van der Waals surface area contributed by atoms with Gasteiger partial charge < -0.3 is 5.11 Å². The van der Waals surface area contributed by atoms with Gasteiger partial charge in [0.15, 0.2) is 5.78 Å². The second-order valence-electron chi connectivity index (χ2n) is 12.2. The summed E-state index contributed by atoms with van der Waals surface area (Å²) in [6, 6.07) is 26.7. The fourth-order valence-corrected chi connectivity index (χ4v) is 5.29. The first-order chi connectivity index (χ1) is 20.5. The van der Waals surface area contributed by atoms with Gasteiger partial charge in [-0.25, -0.2) is 4.98 Å². The summed E-state index contributed by atoms with van der Waals surface area (Å²) in [4.78, 5) is 21.7. The molecular formula is C39H45IrN2O2-. The van der Waals surface area contributed by atoms with Crippen molar-refractivity contribution in [2.24, 2.45) is 10.8 Å². The van der Waals surface area contributed by atoms with E-state index in [2.05, 4.69) is 73.7 Å². The number of hydrogen-bond donors (Lipinski definition) is 1. The molecular weight excluding hydrogens is 721 g/mol. The number of aliphatic hydroxyl groups excluding tert-OH is 1. The molecule has 4 aromatic carbocycles. The van der Waals surface area contributed by atoms with Crippen molar-refractivity contribution in [3.8, 4) is 11.3 Å². The molecule has 0 saturated heterocycles. The number of carbonyl (C=O) groups is 1. The summed E-state index contributed by atoms with van der Waals surface area (Å²) >= 11 is 0. The average Bonchev–Trinajstić information content (AvgIpc) is 3.03. The Kier molecular flexibility index (Phi) is 11.6.